The summed E-state index contributed by atoms with van der Waals surface area (Å²) in [6.45, 7) is 21.3. The van der Waals surface area contributed by atoms with Crippen molar-refractivity contribution in [3.05, 3.63) is 154 Å². The average Bonchev–Trinajstić information content (AvgIpc) is 3.98. The Kier molecular flexibility index (Phi) is 13.7. The summed E-state index contributed by atoms with van der Waals surface area (Å²) in [5.41, 5.74) is 15.1. The van der Waals surface area contributed by atoms with E-state index in [2.05, 4.69) is 164 Å². The van der Waals surface area contributed by atoms with Crippen molar-refractivity contribution in [3.8, 4) is 44.9 Å². The van der Waals surface area contributed by atoms with Gasteiger partial charge < -0.3 is 8.83 Å². The van der Waals surface area contributed by atoms with Gasteiger partial charge in [-0.25, -0.2) is 0 Å². The first kappa shape index (κ1) is 42.0. The summed E-state index contributed by atoms with van der Waals surface area (Å²) in [6, 6.07) is 40.0. The van der Waals surface area contributed by atoms with Crippen LogP contribution < -0.4 is 0 Å². The number of hydrogen-bond donors (Lipinski definition) is 0. The topological polar surface area (TPSA) is 26.3 Å². The molecule has 2 aromatic heterocycles. The Morgan fingerprint density at radius 3 is 1.16 bits per heavy atom. The maximum absolute atomic E-state index is 5.94. The molecule has 2 heterocycles. The van der Waals surface area contributed by atoms with Crippen molar-refractivity contribution in [1.29, 1.82) is 0 Å². The molecule has 0 fully saturated rings. The summed E-state index contributed by atoms with van der Waals surface area (Å²) in [7, 11) is 11.2. The Balaban J connectivity index is 0.000000166. The number of hydrogen-bond acceptors (Lipinski definition) is 2. The minimum atomic E-state index is -1.65. The average molecular weight is 875 g/mol. The van der Waals surface area contributed by atoms with Crippen LogP contribution in [0.1, 0.15) is 58.7 Å². The molecule has 8 aromatic rings. The molecular formula is C50H52Cl2O2SiZr-2. The third kappa shape index (κ3) is 9.37. The Morgan fingerprint density at radius 1 is 0.518 bits per heavy atom. The molecular weight excluding hydrogens is 823 g/mol. The van der Waals surface area contributed by atoms with Gasteiger partial charge in [0.1, 0.15) is 0 Å². The Hall–Kier alpha value is -3.66. The van der Waals surface area contributed by atoms with E-state index in [0.717, 1.165) is 47.0 Å². The molecule has 288 valence electrons. The molecule has 0 aliphatic heterocycles. The van der Waals surface area contributed by atoms with Crippen LogP contribution in [0.25, 0.3) is 66.4 Å². The second-order valence-corrected chi connectivity index (χ2v) is 38.0. The number of fused-ring (bicyclic) bond motifs is 2. The van der Waals surface area contributed by atoms with Gasteiger partial charge in [0.05, 0.1) is 23.0 Å². The van der Waals surface area contributed by atoms with Gasteiger partial charge in [0.2, 0.25) is 0 Å². The molecule has 0 radical (unpaired) electrons. The predicted molar refractivity (Wildman–Crippen MR) is 242 cm³/mol. The van der Waals surface area contributed by atoms with E-state index in [0.29, 0.717) is 0 Å². The molecule has 8 rings (SSSR count). The van der Waals surface area contributed by atoms with Crippen molar-refractivity contribution in [2.24, 2.45) is 0 Å². The van der Waals surface area contributed by atoms with Gasteiger partial charge in [0.15, 0.2) is 0 Å². The quantitative estimate of drug-likeness (QED) is 0.123. The zero-order valence-electron chi connectivity index (χ0n) is 34.4. The Morgan fingerprint density at radius 2 is 0.875 bits per heavy atom. The summed E-state index contributed by atoms with van der Waals surface area (Å²) in [6.07, 6.45) is 2.14. The Labute approximate surface area is 348 Å². The van der Waals surface area contributed by atoms with Crippen molar-refractivity contribution in [2.45, 2.75) is 81.3 Å². The van der Waals surface area contributed by atoms with Crippen LogP contribution >= 0.6 is 17.0 Å². The summed E-state index contributed by atoms with van der Waals surface area (Å²) in [4.78, 5) is 0. The zero-order valence-corrected chi connectivity index (χ0v) is 39.3. The van der Waals surface area contributed by atoms with Crippen LogP contribution in [0.5, 0.6) is 0 Å². The van der Waals surface area contributed by atoms with Gasteiger partial charge in [-0.15, -0.1) is 57.9 Å². The van der Waals surface area contributed by atoms with Crippen LogP contribution in [0.15, 0.2) is 118 Å². The van der Waals surface area contributed by atoms with Gasteiger partial charge in [-0.1, -0.05) is 96.8 Å². The zero-order chi connectivity index (χ0) is 40.3. The normalized spacial score (nSPS) is 11.0. The fourth-order valence-corrected chi connectivity index (χ4v) is 7.08. The molecule has 0 saturated carbocycles. The van der Waals surface area contributed by atoms with E-state index in [4.69, 9.17) is 25.9 Å². The van der Waals surface area contributed by atoms with E-state index in [9.17, 15) is 0 Å². The standard InChI is InChI=1S/2C24H23O.C2H6Si.2ClH.Zr/c2*1-5-18-7-10-19(11-8-18)24-15(2)6-9-20-13-21(14-22(20)24)23-12-16(3)17(4)25-23;1-3-2;;;/h2*6-14H,5H2,1-4H3;1-2H3;2*1H;/q2*-1;;;;+2/p-2. The van der Waals surface area contributed by atoms with E-state index >= 15 is 0 Å². The summed E-state index contributed by atoms with van der Waals surface area (Å²) >= 11 is -1.65. The van der Waals surface area contributed by atoms with Crippen LogP contribution in [0.2, 0.25) is 13.1 Å². The molecule has 56 heavy (non-hydrogen) atoms. The fraction of sp³-hybridized carbons (Fsp3) is 0.240. The molecule has 0 bridgehead atoms. The molecule has 6 aromatic carbocycles. The fourth-order valence-electron chi connectivity index (χ4n) is 7.08. The number of aryl methyl sites for hydroxylation is 8. The van der Waals surface area contributed by atoms with E-state index in [1.165, 1.54) is 77.2 Å². The van der Waals surface area contributed by atoms with Crippen LogP contribution in [-0.2, 0) is 30.8 Å². The first-order chi connectivity index (χ1) is 26.8. The third-order valence-corrected chi connectivity index (χ3v) is 30.5. The van der Waals surface area contributed by atoms with Crippen LogP contribution in [-0.4, -0.2) is 5.43 Å². The van der Waals surface area contributed by atoms with Crippen molar-refractivity contribution < 1.29 is 26.8 Å². The molecule has 0 aliphatic rings. The molecule has 0 amide bonds. The van der Waals surface area contributed by atoms with Gasteiger partial charge in [0, 0.05) is 0 Å². The number of benzene rings is 4. The van der Waals surface area contributed by atoms with Crippen LogP contribution in [0, 0.1) is 41.5 Å². The number of furan rings is 2. The van der Waals surface area contributed by atoms with Crippen molar-refractivity contribution in [1.82, 2.24) is 0 Å². The summed E-state index contributed by atoms with van der Waals surface area (Å²) in [5, 5.41) is 5.13. The number of halogens is 2. The molecule has 0 unspecified atom stereocenters. The first-order valence-corrected chi connectivity index (χ1v) is 32.0. The van der Waals surface area contributed by atoms with Crippen LogP contribution in [0.4, 0.5) is 0 Å². The number of rotatable bonds is 6. The first-order valence-electron chi connectivity index (χ1n) is 19.5. The molecule has 0 saturated heterocycles. The Bertz CT molecular complexity index is 2420. The predicted octanol–water partition coefficient (Wildman–Crippen LogP) is 16.1. The molecule has 0 atom stereocenters. The van der Waals surface area contributed by atoms with Crippen LogP contribution in [0.3, 0.4) is 0 Å². The maximum atomic E-state index is 5.94. The van der Waals surface area contributed by atoms with Gasteiger partial charge >= 0.3 is 53.5 Å². The minimum absolute atomic E-state index is 0.224. The molecule has 0 N–H and O–H groups in total. The van der Waals surface area contributed by atoms with E-state index in [-0.39, 0.29) is 5.43 Å². The van der Waals surface area contributed by atoms with Gasteiger partial charge in [0.25, 0.3) is 0 Å². The van der Waals surface area contributed by atoms with E-state index < -0.39 is 18.0 Å². The molecule has 0 aliphatic carbocycles. The van der Waals surface area contributed by atoms with Gasteiger partial charge in [-0.05, 0) is 111 Å². The SMILES string of the molecule is CCc1ccc(-c2c(C)ccc3[cH-]c(-c4cc(C)c(C)o4)cc23)cc1.CCc1ccc(-c2c(C)ccc3[cH-]c(-c4cc(C)c(C)o4)cc23)cc1.C[Si](C)=[Zr]([Cl])[Cl]. The molecule has 2 nitrogen and oxygen atoms in total. The van der Waals surface area contributed by atoms with Crippen molar-refractivity contribution >= 4 is 44.0 Å². The molecule has 6 heteroatoms. The van der Waals surface area contributed by atoms with E-state index in [1.54, 1.807) is 0 Å². The summed E-state index contributed by atoms with van der Waals surface area (Å²) < 4.78 is 11.9. The molecule has 0 spiro atoms. The van der Waals surface area contributed by atoms with Crippen molar-refractivity contribution in [2.75, 3.05) is 0 Å². The second kappa shape index (κ2) is 18.3. The monoisotopic (exact) mass is 872 g/mol. The van der Waals surface area contributed by atoms with Crippen molar-refractivity contribution in [3.63, 3.8) is 0 Å². The summed E-state index contributed by atoms with van der Waals surface area (Å²) in [5.74, 6) is 3.89. The third-order valence-electron chi connectivity index (χ3n) is 10.8. The second-order valence-electron chi connectivity index (χ2n) is 15.1. The van der Waals surface area contributed by atoms with Gasteiger partial charge in [-0.3, -0.25) is 0 Å². The van der Waals surface area contributed by atoms with Gasteiger partial charge in [-0.2, -0.15) is 0 Å². The van der Waals surface area contributed by atoms with E-state index in [1.807, 2.05) is 13.8 Å².